The Bertz CT molecular complexity index is 168. The van der Waals surface area contributed by atoms with E-state index in [1.165, 1.54) is 0 Å². The minimum Gasteiger partial charge on any atom is -0.378 e. The first-order chi connectivity index (χ1) is 5.67. The summed E-state index contributed by atoms with van der Waals surface area (Å²) in [5, 5.41) is 0. The standard InChI is InChI=1S/C8H13BrO3/c1-3-5-6(4-2)7(10)8(11)12-9/h6H,3-5H2,1-2H3. The lowest BCUT2D eigenvalue weighted by Gasteiger charge is -2.08. The van der Waals surface area contributed by atoms with Crippen molar-refractivity contribution >= 4 is 28.0 Å². The zero-order valence-electron chi connectivity index (χ0n) is 7.30. The number of hydrogen-bond donors (Lipinski definition) is 0. The number of carbonyl (C=O) groups excluding carboxylic acids is 2. The molecule has 0 radical (unpaired) electrons. The second-order valence-corrected chi connectivity index (χ2v) is 2.95. The van der Waals surface area contributed by atoms with Gasteiger partial charge in [0.2, 0.25) is 5.78 Å². The zero-order chi connectivity index (χ0) is 9.56. The Kier molecular flexibility index (Phi) is 5.98. The van der Waals surface area contributed by atoms with Crippen LogP contribution in [0.3, 0.4) is 0 Å². The van der Waals surface area contributed by atoms with E-state index in [0.717, 1.165) is 12.8 Å². The summed E-state index contributed by atoms with van der Waals surface area (Å²) in [7, 11) is 0. The molecule has 0 aliphatic heterocycles. The minimum atomic E-state index is -0.796. The molecule has 12 heavy (non-hydrogen) atoms. The van der Waals surface area contributed by atoms with Crippen molar-refractivity contribution in [3.05, 3.63) is 0 Å². The fourth-order valence-electron chi connectivity index (χ4n) is 1.07. The smallest absolute Gasteiger partial charge is 0.378 e. The van der Waals surface area contributed by atoms with E-state index >= 15 is 0 Å². The predicted molar refractivity (Wildman–Crippen MR) is 48.7 cm³/mol. The minimum absolute atomic E-state index is 0.181. The average Bonchev–Trinajstić information content (AvgIpc) is 2.11. The Morgan fingerprint density at radius 3 is 2.33 bits per heavy atom. The summed E-state index contributed by atoms with van der Waals surface area (Å²) < 4.78 is 4.17. The van der Waals surface area contributed by atoms with Crippen molar-refractivity contribution in [2.75, 3.05) is 0 Å². The van der Waals surface area contributed by atoms with Gasteiger partial charge in [0.1, 0.15) is 0 Å². The van der Waals surface area contributed by atoms with Gasteiger partial charge in [0.05, 0.1) is 0 Å². The quantitative estimate of drug-likeness (QED) is 0.688. The van der Waals surface area contributed by atoms with Crippen molar-refractivity contribution in [2.24, 2.45) is 5.92 Å². The summed E-state index contributed by atoms with van der Waals surface area (Å²) in [6, 6.07) is 0. The second-order valence-electron chi connectivity index (χ2n) is 2.62. The van der Waals surface area contributed by atoms with Crippen molar-refractivity contribution in [3.8, 4) is 0 Å². The van der Waals surface area contributed by atoms with E-state index in [4.69, 9.17) is 0 Å². The van der Waals surface area contributed by atoms with Crippen LogP contribution in [0.4, 0.5) is 0 Å². The molecular formula is C8H13BrO3. The highest BCUT2D eigenvalue weighted by Gasteiger charge is 2.23. The van der Waals surface area contributed by atoms with E-state index in [9.17, 15) is 9.59 Å². The summed E-state index contributed by atoms with van der Waals surface area (Å²) in [6.07, 6.45) is 2.34. The van der Waals surface area contributed by atoms with Crippen molar-refractivity contribution in [3.63, 3.8) is 0 Å². The summed E-state index contributed by atoms with van der Waals surface area (Å²) in [4.78, 5) is 22.0. The number of carbonyl (C=O) groups is 2. The molecule has 0 aliphatic carbocycles. The van der Waals surface area contributed by atoms with Crippen LogP contribution in [0.5, 0.6) is 0 Å². The molecule has 0 rings (SSSR count). The van der Waals surface area contributed by atoms with E-state index in [0.29, 0.717) is 6.42 Å². The van der Waals surface area contributed by atoms with Gasteiger partial charge >= 0.3 is 5.97 Å². The molecule has 0 amide bonds. The summed E-state index contributed by atoms with van der Waals surface area (Å²) in [6.45, 7) is 3.87. The van der Waals surface area contributed by atoms with Crippen LogP contribution in [0.15, 0.2) is 0 Å². The van der Waals surface area contributed by atoms with Crippen LogP contribution >= 0.6 is 16.3 Å². The first kappa shape index (κ1) is 11.6. The van der Waals surface area contributed by atoms with Crippen LogP contribution in [-0.4, -0.2) is 11.8 Å². The van der Waals surface area contributed by atoms with Crippen molar-refractivity contribution < 1.29 is 13.4 Å². The van der Waals surface area contributed by atoms with Gasteiger partial charge in [0.25, 0.3) is 0 Å². The predicted octanol–water partition coefficient (Wildman–Crippen LogP) is 2.23. The Labute approximate surface area is 80.9 Å². The lowest BCUT2D eigenvalue weighted by molar-refractivity contribution is -0.147. The summed E-state index contributed by atoms with van der Waals surface area (Å²) in [5.41, 5.74) is 0. The maximum atomic E-state index is 11.2. The monoisotopic (exact) mass is 236 g/mol. The topological polar surface area (TPSA) is 43.4 Å². The van der Waals surface area contributed by atoms with Gasteiger partial charge in [-0.05, 0) is 12.8 Å². The SMILES string of the molecule is CCCC(CC)C(=O)C(=O)OBr. The second kappa shape index (κ2) is 6.17. The van der Waals surface area contributed by atoms with Crippen molar-refractivity contribution in [2.45, 2.75) is 33.1 Å². The molecule has 0 heterocycles. The Balaban J connectivity index is 4.11. The molecule has 0 spiro atoms. The third-order valence-electron chi connectivity index (χ3n) is 1.77. The Morgan fingerprint density at radius 2 is 2.00 bits per heavy atom. The number of ketones is 1. The normalized spacial score (nSPS) is 12.2. The molecule has 0 saturated heterocycles. The molecule has 0 aromatic carbocycles. The van der Waals surface area contributed by atoms with E-state index in [1.807, 2.05) is 13.8 Å². The van der Waals surface area contributed by atoms with Crippen molar-refractivity contribution in [1.82, 2.24) is 0 Å². The number of Topliss-reactive ketones (excluding diaryl/α,β-unsaturated/α-hetero) is 1. The third kappa shape index (κ3) is 3.34. The van der Waals surface area contributed by atoms with Crippen LogP contribution in [0.1, 0.15) is 33.1 Å². The average molecular weight is 237 g/mol. The molecule has 0 saturated carbocycles. The third-order valence-corrected chi connectivity index (χ3v) is 2.07. The number of hydrogen-bond acceptors (Lipinski definition) is 3. The van der Waals surface area contributed by atoms with Crippen LogP contribution < -0.4 is 0 Å². The van der Waals surface area contributed by atoms with E-state index in [2.05, 4.69) is 20.1 Å². The lowest BCUT2D eigenvalue weighted by atomic mass is 9.96. The van der Waals surface area contributed by atoms with Gasteiger partial charge in [0.15, 0.2) is 16.3 Å². The van der Waals surface area contributed by atoms with Gasteiger partial charge in [-0.2, -0.15) is 0 Å². The van der Waals surface area contributed by atoms with Gasteiger partial charge in [0, 0.05) is 5.92 Å². The molecule has 0 N–H and O–H groups in total. The summed E-state index contributed by atoms with van der Waals surface area (Å²) >= 11 is 2.49. The van der Waals surface area contributed by atoms with E-state index in [-0.39, 0.29) is 5.92 Å². The molecule has 0 fully saturated rings. The van der Waals surface area contributed by atoms with Crippen LogP contribution in [0.2, 0.25) is 0 Å². The highest BCUT2D eigenvalue weighted by molar-refractivity contribution is 9.06. The maximum Gasteiger partial charge on any atom is 0.386 e. The molecule has 0 aromatic heterocycles. The molecule has 70 valence electrons. The van der Waals surface area contributed by atoms with Gasteiger partial charge in [-0.25, -0.2) is 4.79 Å². The zero-order valence-corrected chi connectivity index (χ0v) is 8.89. The molecule has 3 nitrogen and oxygen atoms in total. The maximum absolute atomic E-state index is 11.2. The molecule has 1 atom stereocenters. The number of rotatable bonds is 5. The van der Waals surface area contributed by atoms with Crippen LogP contribution in [0, 0.1) is 5.92 Å². The van der Waals surface area contributed by atoms with Gasteiger partial charge < -0.3 is 3.83 Å². The first-order valence-corrected chi connectivity index (χ1v) is 4.68. The van der Waals surface area contributed by atoms with Crippen LogP contribution in [0.25, 0.3) is 0 Å². The summed E-state index contributed by atoms with van der Waals surface area (Å²) in [5.74, 6) is -1.41. The van der Waals surface area contributed by atoms with Crippen molar-refractivity contribution in [1.29, 1.82) is 0 Å². The van der Waals surface area contributed by atoms with E-state index in [1.54, 1.807) is 0 Å². The highest BCUT2D eigenvalue weighted by atomic mass is 79.9. The number of halogens is 1. The molecule has 0 bridgehead atoms. The van der Waals surface area contributed by atoms with Crippen LogP contribution in [-0.2, 0) is 13.4 Å². The Morgan fingerprint density at radius 1 is 1.42 bits per heavy atom. The highest BCUT2D eigenvalue weighted by Crippen LogP contribution is 2.13. The van der Waals surface area contributed by atoms with E-state index < -0.39 is 11.8 Å². The fourth-order valence-corrected chi connectivity index (χ4v) is 1.23. The molecular weight excluding hydrogens is 224 g/mol. The first-order valence-electron chi connectivity index (χ1n) is 4.04. The molecule has 4 heteroatoms. The molecule has 0 aliphatic rings. The van der Waals surface area contributed by atoms with Gasteiger partial charge in [-0.3, -0.25) is 4.79 Å². The molecule has 0 aromatic rings. The van der Waals surface area contributed by atoms with Gasteiger partial charge in [-0.15, -0.1) is 0 Å². The van der Waals surface area contributed by atoms with Gasteiger partial charge in [-0.1, -0.05) is 20.3 Å². The largest absolute Gasteiger partial charge is 0.386 e. The molecule has 1 unspecified atom stereocenters. The fraction of sp³-hybridized carbons (Fsp3) is 0.750. The Hall–Kier alpha value is -0.380. The lowest BCUT2D eigenvalue weighted by Crippen LogP contribution is -2.23.